The Morgan fingerprint density at radius 3 is 2.64 bits per heavy atom. The Morgan fingerprint density at radius 2 is 2.07 bits per heavy atom. The molecule has 1 nitrogen and oxygen atoms in total. The highest BCUT2D eigenvalue weighted by molar-refractivity contribution is 7.99. The lowest BCUT2D eigenvalue weighted by atomic mass is 10.2. The monoisotopic (exact) mass is 217 g/mol. The molecule has 0 aliphatic rings. The minimum Gasteiger partial charge on any atom is -0.305 e. The van der Waals surface area contributed by atoms with Gasteiger partial charge in [0.2, 0.25) is 0 Å². The van der Waals surface area contributed by atoms with E-state index < -0.39 is 11.7 Å². The average Bonchev–Trinajstić information content (AvgIpc) is 2.14. The third-order valence-electron chi connectivity index (χ3n) is 1.46. The Labute approximate surface area is 83.7 Å². The van der Waals surface area contributed by atoms with Crippen LogP contribution in [0.3, 0.4) is 0 Å². The number of halogens is 3. The first-order valence-electron chi connectivity index (χ1n) is 3.67. The molecular formula is C9H6F3NS. The van der Waals surface area contributed by atoms with E-state index in [1.807, 2.05) is 0 Å². The molecule has 0 saturated heterocycles. The van der Waals surface area contributed by atoms with Gasteiger partial charge < -0.3 is 4.85 Å². The summed E-state index contributed by atoms with van der Waals surface area (Å²) in [7, 11) is 0. The molecule has 74 valence electrons. The number of hydrogen-bond donors (Lipinski definition) is 0. The molecule has 1 aromatic rings. The summed E-state index contributed by atoms with van der Waals surface area (Å²) in [6.07, 6.45) is -4.31. The number of benzene rings is 1. The van der Waals surface area contributed by atoms with Gasteiger partial charge in [-0.1, -0.05) is 6.07 Å². The Balaban J connectivity index is 2.86. The summed E-state index contributed by atoms with van der Waals surface area (Å²) in [5.74, 6) is 0.140. The third kappa shape index (κ3) is 2.96. The van der Waals surface area contributed by atoms with Crippen LogP contribution in [0, 0.1) is 6.57 Å². The fourth-order valence-electron chi connectivity index (χ4n) is 0.869. The molecule has 0 aliphatic heterocycles. The van der Waals surface area contributed by atoms with Gasteiger partial charge in [-0.05, 0) is 30.0 Å². The molecule has 14 heavy (non-hydrogen) atoms. The predicted octanol–water partition coefficient (Wildman–Crippen LogP) is 3.67. The second-order valence-corrected chi connectivity index (χ2v) is 3.48. The van der Waals surface area contributed by atoms with Crippen molar-refractivity contribution in [1.82, 2.24) is 0 Å². The van der Waals surface area contributed by atoms with E-state index in [2.05, 4.69) is 4.85 Å². The molecule has 0 spiro atoms. The topological polar surface area (TPSA) is 4.36 Å². The maximum Gasteiger partial charge on any atom is 0.416 e. The van der Waals surface area contributed by atoms with Crippen LogP contribution in [0.2, 0.25) is 0 Å². The van der Waals surface area contributed by atoms with Crippen LogP contribution < -0.4 is 0 Å². The zero-order chi connectivity index (χ0) is 10.6. The molecule has 0 unspecified atom stereocenters. The minimum atomic E-state index is -4.31. The van der Waals surface area contributed by atoms with Crippen LogP contribution in [-0.2, 0) is 6.18 Å². The molecular weight excluding hydrogens is 211 g/mol. The summed E-state index contributed by atoms with van der Waals surface area (Å²) in [5.41, 5.74) is -0.674. The summed E-state index contributed by atoms with van der Waals surface area (Å²) >= 11 is 1.10. The highest BCUT2D eigenvalue weighted by Crippen LogP contribution is 2.31. The first-order chi connectivity index (χ1) is 6.54. The van der Waals surface area contributed by atoms with Gasteiger partial charge >= 0.3 is 6.18 Å². The van der Waals surface area contributed by atoms with E-state index >= 15 is 0 Å². The summed E-state index contributed by atoms with van der Waals surface area (Å²) < 4.78 is 36.7. The summed E-state index contributed by atoms with van der Waals surface area (Å²) in [6, 6.07) is 4.97. The van der Waals surface area contributed by atoms with Gasteiger partial charge in [0.05, 0.1) is 5.56 Å². The zero-order valence-electron chi connectivity index (χ0n) is 7.01. The van der Waals surface area contributed by atoms with Crippen molar-refractivity contribution in [3.8, 4) is 0 Å². The molecule has 0 amide bonds. The standard InChI is InChI=1S/C9H6F3NS/c1-13-6-14-8-4-2-3-7(5-8)9(10,11)12/h2-5H,6H2. The molecule has 0 radical (unpaired) electrons. The zero-order valence-corrected chi connectivity index (χ0v) is 7.82. The number of rotatable bonds is 2. The lowest BCUT2D eigenvalue weighted by molar-refractivity contribution is -0.137. The van der Waals surface area contributed by atoms with Gasteiger partial charge in [-0.25, -0.2) is 6.57 Å². The molecule has 1 aromatic carbocycles. The second kappa shape index (κ2) is 4.38. The van der Waals surface area contributed by atoms with Crippen molar-refractivity contribution in [1.29, 1.82) is 0 Å². The van der Waals surface area contributed by atoms with E-state index in [0.717, 1.165) is 23.9 Å². The summed E-state index contributed by atoms with van der Waals surface area (Å²) in [6.45, 7) is 6.51. The smallest absolute Gasteiger partial charge is 0.305 e. The van der Waals surface area contributed by atoms with E-state index in [-0.39, 0.29) is 5.88 Å². The Hall–Kier alpha value is -1.15. The number of hydrogen-bond acceptors (Lipinski definition) is 1. The average molecular weight is 217 g/mol. The lowest BCUT2D eigenvalue weighted by Gasteiger charge is -2.06. The van der Waals surface area contributed by atoms with E-state index in [4.69, 9.17) is 6.57 Å². The van der Waals surface area contributed by atoms with Gasteiger partial charge in [0.25, 0.3) is 5.88 Å². The van der Waals surface area contributed by atoms with Crippen molar-refractivity contribution >= 4 is 11.8 Å². The Bertz CT molecular complexity index is 354. The molecule has 0 N–H and O–H groups in total. The van der Waals surface area contributed by atoms with Gasteiger partial charge in [-0.15, -0.1) is 0 Å². The molecule has 0 aromatic heterocycles. The predicted molar refractivity (Wildman–Crippen MR) is 48.8 cm³/mol. The Kier molecular flexibility index (Phi) is 3.42. The van der Waals surface area contributed by atoms with Crippen LogP contribution in [0.5, 0.6) is 0 Å². The second-order valence-electron chi connectivity index (χ2n) is 2.46. The number of alkyl halides is 3. The van der Waals surface area contributed by atoms with Crippen molar-refractivity contribution in [3.63, 3.8) is 0 Å². The van der Waals surface area contributed by atoms with Gasteiger partial charge in [-0.2, -0.15) is 13.2 Å². The SMILES string of the molecule is [C-]#[N+]CSc1cccc(C(F)(F)F)c1. The van der Waals surface area contributed by atoms with E-state index in [9.17, 15) is 13.2 Å². The quantitative estimate of drug-likeness (QED) is 0.540. The molecule has 0 bridgehead atoms. The van der Waals surface area contributed by atoms with Crippen LogP contribution in [0.1, 0.15) is 5.56 Å². The molecule has 1 rings (SSSR count). The molecule has 0 heterocycles. The molecule has 0 atom stereocenters. The van der Waals surface area contributed by atoms with Gasteiger partial charge in [-0.3, -0.25) is 0 Å². The van der Waals surface area contributed by atoms with Crippen LogP contribution in [-0.4, -0.2) is 5.88 Å². The van der Waals surface area contributed by atoms with E-state index in [1.54, 1.807) is 6.07 Å². The van der Waals surface area contributed by atoms with Crippen LogP contribution in [0.25, 0.3) is 4.85 Å². The molecule has 5 heteroatoms. The van der Waals surface area contributed by atoms with Gasteiger partial charge in [0, 0.05) is 4.90 Å². The van der Waals surface area contributed by atoms with Gasteiger partial charge in [0.1, 0.15) is 0 Å². The van der Waals surface area contributed by atoms with Crippen molar-refractivity contribution < 1.29 is 13.2 Å². The maximum atomic E-state index is 12.2. The van der Waals surface area contributed by atoms with Crippen molar-refractivity contribution in [3.05, 3.63) is 41.2 Å². The van der Waals surface area contributed by atoms with Crippen molar-refractivity contribution in [2.75, 3.05) is 5.88 Å². The van der Waals surface area contributed by atoms with Crippen LogP contribution in [0.4, 0.5) is 13.2 Å². The van der Waals surface area contributed by atoms with Crippen LogP contribution in [0.15, 0.2) is 29.2 Å². The van der Waals surface area contributed by atoms with E-state index in [0.29, 0.717) is 4.90 Å². The van der Waals surface area contributed by atoms with Crippen molar-refractivity contribution in [2.24, 2.45) is 0 Å². The fraction of sp³-hybridized carbons (Fsp3) is 0.222. The minimum absolute atomic E-state index is 0.140. The van der Waals surface area contributed by atoms with E-state index in [1.165, 1.54) is 6.07 Å². The number of thioether (sulfide) groups is 1. The molecule has 0 fully saturated rings. The highest BCUT2D eigenvalue weighted by Gasteiger charge is 2.30. The Morgan fingerprint density at radius 1 is 1.36 bits per heavy atom. The third-order valence-corrected chi connectivity index (χ3v) is 2.30. The normalized spacial score (nSPS) is 11.0. The maximum absolute atomic E-state index is 12.2. The first-order valence-corrected chi connectivity index (χ1v) is 4.66. The van der Waals surface area contributed by atoms with Gasteiger partial charge in [0.15, 0.2) is 0 Å². The fourth-order valence-corrected chi connectivity index (χ4v) is 1.47. The molecule has 0 saturated carbocycles. The molecule has 0 aliphatic carbocycles. The largest absolute Gasteiger partial charge is 0.416 e. The lowest BCUT2D eigenvalue weighted by Crippen LogP contribution is -2.04. The van der Waals surface area contributed by atoms with Crippen molar-refractivity contribution in [2.45, 2.75) is 11.1 Å². The van der Waals surface area contributed by atoms with Crippen LogP contribution >= 0.6 is 11.8 Å². The number of nitrogens with zero attached hydrogens (tertiary/aromatic N) is 1. The summed E-state index contributed by atoms with van der Waals surface area (Å²) in [4.78, 5) is 3.52. The first kappa shape index (κ1) is 10.9. The highest BCUT2D eigenvalue weighted by atomic mass is 32.2. The summed E-state index contributed by atoms with van der Waals surface area (Å²) in [5, 5.41) is 0.